The molecule has 3 rings (SSSR count). The predicted octanol–water partition coefficient (Wildman–Crippen LogP) is 2.71. The van der Waals surface area contributed by atoms with Crippen LogP contribution in [0.15, 0.2) is 36.4 Å². The maximum atomic E-state index is 12.3. The van der Waals surface area contributed by atoms with Crippen LogP contribution >= 0.6 is 0 Å². The van der Waals surface area contributed by atoms with Crippen LogP contribution in [0.4, 0.5) is 0 Å². The minimum absolute atomic E-state index is 0.0177. The molecule has 6 nitrogen and oxygen atoms in total. The number of ether oxygens (including phenoxy) is 2. The number of Topliss-reactive ketones (excluding diaryl/α,β-unsaturated/α-hetero) is 2. The van der Waals surface area contributed by atoms with E-state index in [4.69, 9.17) is 9.47 Å². The minimum Gasteiger partial charge on any atom is -0.507 e. The van der Waals surface area contributed by atoms with E-state index in [1.165, 1.54) is 6.07 Å². The Bertz CT molecular complexity index is 782. The van der Waals surface area contributed by atoms with E-state index in [-0.39, 0.29) is 42.3 Å². The smallest absolute Gasteiger partial charge is 0.204 e. The number of phenols is 2. The molecule has 6 heteroatoms. The van der Waals surface area contributed by atoms with E-state index in [2.05, 4.69) is 0 Å². The second-order valence-corrected chi connectivity index (χ2v) is 5.36. The quantitative estimate of drug-likeness (QED) is 0.820. The number of carbonyl (C=O) groups is 2. The largest absolute Gasteiger partial charge is 0.507 e. The molecule has 0 spiro atoms. The molecule has 1 aliphatic rings. The van der Waals surface area contributed by atoms with Crippen molar-refractivity contribution >= 4 is 11.6 Å². The molecule has 1 aliphatic heterocycles. The van der Waals surface area contributed by atoms with Gasteiger partial charge in [-0.25, -0.2) is 0 Å². The van der Waals surface area contributed by atoms with E-state index >= 15 is 0 Å². The van der Waals surface area contributed by atoms with Crippen molar-refractivity contribution in [2.45, 2.75) is 12.8 Å². The van der Waals surface area contributed by atoms with Crippen LogP contribution in [0.3, 0.4) is 0 Å². The first-order valence-electron chi connectivity index (χ1n) is 7.54. The Morgan fingerprint density at radius 2 is 1.62 bits per heavy atom. The van der Waals surface area contributed by atoms with Crippen molar-refractivity contribution in [3.05, 3.63) is 47.5 Å². The van der Waals surface area contributed by atoms with Crippen molar-refractivity contribution in [2.75, 3.05) is 13.2 Å². The van der Waals surface area contributed by atoms with Gasteiger partial charge >= 0.3 is 0 Å². The first-order chi connectivity index (χ1) is 11.6. The van der Waals surface area contributed by atoms with Crippen molar-refractivity contribution in [1.82, 2.24) is 0 Å². The summed E-state index contributed by atoms with van der Waals surface area (Å²) in [5.41, 5.74) is 0.265. The lowest BCUT2D eigenvalue weighted by Gasteiger charge is -2.21. The molecule has 0 unspecified atom stereocenters. The number of hydrogen-bond donors (Lipinski definition) is 2. The van der Waals surface area contributed by atoms with E-state index < -0.39 is 17.3 Å². The molecule has 0 radical (unpaired) electrons. The van der Waals surface area contributed by atoms with Gasteiger partial charge in [-0.2, -0.15) is 0 Å². The van der Waals surface area contributed by atoms with Crippen LogP contribution in [0.1, 0.15) is 33.6 Å². The molecule has 24 heavy (non-hydrogen) atoms. The lowest BCUT2D eigenvalue weighted by Crippen LogP contribution is -2.16. The lowest BCUT2D eigenvalue weighted by atomic mass is 9.99. The summed E-state index contributed by atoms with van der Waals surface area (Å²) in [5, 5.41) is 20.2. The summed E-state index contributed by atoms with van der Waals surface area (Å²) in [4.78, 5) is 24.4. The van der Waals surface area contributed by atoms with Crippen molar-refractivity contribution in [3.8, 4) is 23.0 Å². The molecule has 2 aromatic carbocycles. The third-order valence-electron chi connectivity index (χ3n) is 3.74. The molecule has 124 valence electrons. The zero-order valence-electron chi connectivity index (χ0n) is 12.8. The molecule has 2 N–H and O–H groups in total. The zero-order valence-corrected chi connectivity index (χ0v) is 12.8. The fourth-order valence-corrected chi connectivity index (χ4v) is 2.55. The van der Waals surface area contributed by atoms with E-state index in [9.17, 15) is 19.8 Å². The van der Waals surface area contributed by atoms with Gasteiger partial charge in [0.15, 0.2) is 23.1 Å². The number of fused-ring (bicyclic) bond motifs is 1. The van der Waals surface area contributed by atoms with E-state index in [1.54, 1.807) is 30.3 Å². The summed E-state index contributed by atoms with van der Waals surface area (Å²) in [6, 6.07) is 9.87. The summed E-state index contributed by atoms with van der Waals surface area (Å²) < 4.78 is 10.6. The van der Waals surface area contributed by atoms with Crippen molar-refractivity contribution in [2.24, 2.45) is 0 Å². The van der Waals surface area contributed by atoms with Gasteiger partial charge in [0, 0.05) is 24.5 Å². The van der Waals surface area contributed by atoms with Gasteiger partial charge < -0.3 is 19.7 Å². The number of hydrogen-bond acceptors (Lipinski definition) is 6. The molecule has 0 aliphatic carbocycles. The normalized spacial score (nSPS) is 12.7. The third-order valence-corrected chi connectivity index (χ3v) is 3.74. The zero-order chi connectivity index (χ0) is 17.1. The Labute approximate surface area is 138 Å². The van der Waals surface area contributed by atoms with Gasteiger partial charge in [-0.15, -0.1) is 0 Å². The van der Waals surface area contributed by atoms with Gasteiger partial charge in [0.1, 0.15) is 24.5 Å². The van der Waals surface area contributed by atoms with Gasteiger partial charge in [0.2, 0.25) is 5.75 Å². The molecular formula is C18H16O6. The van der Waals surface area contributed by atoms with Crippen molar-refractivity contribution in [3.63, 3.8) is 0 Å². The first-order valence-corrected chi connectivity index (χ1v) is 7.54. The van der Waals surface area contributed by atoms with E-state index in [0.29, 0.717) is 12.2 Å². The van der Waals surface area contributed by atoms with Gasteiger partial charge in [0.05, 0.1) is 0 Å². The fraction of sp³-hybridized carbons (Fsp3) is 0.222. The van der Waals surface area contributed by atoms with E-state index in [0.717, 1.165) is 0 Å². The Hall–Kier alpha value is -3.02. The van der Waals surface area contributed by atoms with Crippen LogP contribution in [-0.4, -0.2) is 35.0 Å². The Morgan fingerprint density at radius 1 is 0.958 bits per heavy atom. The van der Waals surface area contributed by atoms with Crippen molar-refractivity contribution < 1.29 is 29.3 Å². The van der Waals surface area contributed by atoms with Crippen LogP contribution in [0.2, 0.25) is 0 Å². The van der Waals surface area contributed by atoms with E-state index in [1.807, 2.05) is 0 Å². The highest BCUT2D eigenvalue weighted by molar-refractivity contribution is 6.05. The lowest BCUT2D eigenvalue weighted by molar-refractivity contribution is 0.0912. The summed E-state index contributed by atoms with van der Waals surface area (Å²) in [6.07, 6.45) is -0.148. The Morgan fingerprint density at radius 3 is 2.38 bits per heavy atom. The number of ketones is 2. The number of aromatic hydroxyl groups is 2. The highest BCUT2D eigenvalue weighted by Gasteiger charge is 2.26. The minimum atomic E-state index is -0.536. The summed E-state index contributed by atoms with van der Waals surface area (Å²) >= 11 is 0. The molecular weight excluding hydrogens is 312 g/mol. The molecule has 0 aromatic heterocycles. The topological polar surface area (TPSA) is 93.1 Å². The Kier molecular flexibility index (Phi) is 4.37. The molecule has 1 heterocycles. The van der Waals surface area contributed by atoms with Gasteiger partial charge in [-0.1, -0.05) is 30.3 Å². The number of rotatable bonds is 5. The predicted molar refractivity (Wildman–Crippen MR) is 85.1 cm³/mol. The van der Waals surface area contributed by atoms with Crippen LogP contribution in [0, 0.1) is 0 Å². The van der Waals surface area contributed by atoms with Gasteiger partial charge in [-0.3, -0.25) is 9.59 Å². The number of benzene rings is 2. The first kappa shape index (κ1) is 15.9. The summed E-state index contributed by atoms with van der Waals surface area (Å²) in [7, 11) is 0. The highest BCUT2D eigenvalue weighted by Crippen LogP contribution is 2.45. The van der Waals surface area contributed by atoms with Crippen LogP contribution in [-0.2, 0) is 0 Å². The second kappa shape index (κ2) is 6.62. The average Bonchev–Trinajstić information content (AvgIpc) is 2.60. The molecule has 0 saturated carbocycles. The standard InChI is InChI=1S/C18H16O6/c19-12(11-4-2-1-3-5-11)6-7-13(20)16-14(21)10-15-18(17(16)22)24-9-8-23-15/h1-5,10,21-22H,6-9H2. The SMILES string of the molecule is O=C(CCC(=O)c1c(O)cc2c(c1O)OCCO2)c1ccccc1. The van der Waals surface area contributed by atoms with Crippen molar-refractivity contribution in [1.29, 1.82) is 0 Å². The maximum Gasteiger partial charge on any atom is 0.204 e. The summed E-state index contributed by atoms with van der Waals surface area (Å²) in [5.74, 6) is -1.34. The molecule has 0 fully saturated rings. The number of phenolic OH excluding ortho intramolecular Hbond substituents is 2. The Balaban J connectivity index is 1.77. The summed E-state index contributed by atoms with van der Waals surface area (Å²) in [6.45, 7) is 0.538. The third kappa shape index (κ3) is 3.03. The molecule has 0 saturated heterocycles. The molecule has 0 atom stereocenters. The van der Waals surface area contributed by atoms with Gasteiger partial charge in [-0.05, 0) is 0 Å². The molecule has 0 amide bonds. The van der Waals surface area contributed by atoms with Crippen LogP contribution in [0.5, 0.6) is 23.0 Å². The number of carbonyl (C=O) groups excluding carboxylic acids is 2. The second-order valence-electron chi connectivity index (χ2n) is 5.36. The highest BCUT2D eigenvalue weighted by atomic mass is 16.6. The monoisotopic (exact) mass is 328 g/mol. The fourth-order valence-electron chi connectivity index (χ4n) is 2.55. The van der Waals surface area contributed by atoms with Crippen LogP contribution in [0.25, 0.3) is 0 Å². The maximum absolute atomic E-state index is 12.3. The average molecular weight is 328 g/mol. The van der Waals surface area contributed by atoms with Gasteiger partial charge in [0.25, 0.3) is 0 Å². The van der Waals surface area contributed by atoms with Crippen LogP contribution < -0.4 is 9.47 Å². The molecule has 0 bridgehead atoms. The molecule has 2 aromatic rings.